The lowest BCUT2D eigenvalue weighted by atomic mass is 10.1. The van der Waals surface area contributed by atoms with E-state index < -0.39 is 22.4 Å². The Morgan fingerprint density at radius 2 is 1.93 bits per heavy atom. The zero-order chi connectivity index (χ0) is 10.8. The van der Waals surface area contributed by atoms with Crippen LogP contribution in [0.4, 0.5) is 13.2 Å². The Bertz CT molecular complexity index is 371. The van der Waals surface area contributed by atoms with Gasteiger partial charge in [-0.05, 0) is 23.8 Å². The molecule has 0 aromatic heterocycles. The van der Waals surface area contributed by atoms with Crippen LogP contribution in [0.3, 0.4) is 0 Å². The van der Waals surface area contributed by atoms with Gasteiger partial charge in [0.15, 0.2) is 0 Å². The highest BCUT2D eigenvalue weighted by molar-refractivity contribution is 7.71. The third-order valence-electron chi connectivity index (χ3n) is 1.50. The average molecular weight is 223 g/mol. The molecule has 0 bridgehead atoms. The van der Waals surface area contributed by atoms with Crippen molar-refractivity contribution >= 4 is 10.7 Å². The molecule has 1 aromatic rings. The minimum absolute atomic E-state index is 0.231. The molecule has 0 aliphatic rings. The van der Waals surface area contributed by atoms with Crippen LogP contribution >= 0.6 is 0 Å². The van der Waals surface area contributed by atoms with E-state index in [1.54, 1.807) is 0 Å². The Balaban J connectivity index is 2.89. The highest BCUT2D eigenvalue weighted by Gasteiger charge is 2.29. The molecule has 77 valence electrons. The fourth-order valence-corrected chi connectivity index (χ4v) is 1.35. The molecule has 0 fully saturated rings. The van der Waals surface area contributed by atoms with Gasteiger partial charge >= 0.3 is 6.18 Å². The van der Waals surface area contributed by atoms with E-state index in [2.05, 4.69) is 6.07 Å². The van der Waals surface area contributed by atoms with E-state index in [1.165, 1.54) is 0 Å². The molecule has 1 rings (SSSR count). The molecule has 6 heteroatoms. The second-order valence-electron chi connectivity index (χ2n) is 2.59. The Labute approximate surface area is 80.3 Å². The quantitative estimate of drug-likeness (QED) is 0.773. The lowest BCUT2D eigenvalue weighted by Crippen LogP contribution is -2.04. The minimum atomic E-state index is -4.41. The molecule has 0 amide bonds. The molecule has 0 spiro atoms. The minimum Gasteiger partial charge on any atom is -0.232 e. The topological polar surface area (TPSA) is 34.1 Å². The summed E-state index contributed by atoms with van der Waals surface area (Å²) >= 11 is 0. The van der Waals surface area contributed by atoms with Crippen LogP contribution in [0.5, 0.6) is 0 Å². The van der Waals surface area contributed by atoms with Gasteiger partial charge in [-0.2, -0.15) is 13.2 Å². The number of hydrogen-bond acceptors (Lipinski definition) is 2. The highest BCUT2D eigenvalue weighted by Crippen LogP contribution is 2.28. The van der Waals surface area contributed by atoms with Crippen LogP contribution in [-0.4, -0.2) is 8.42 Å². The molecule has 0 atom stereocenters. The van der Waals surface area contributed by atoms with Gasteiger partial charge in [-0.3, -0.25) is 0 Å². The fraction of sp³-hybridized carbons (Fsp3) is 0.250. The molecule has 0 unspecified atom stereocenters. The molecule has 0 aliphatic heterocycles. The number of alkyl halides is 3. The molecular formula is C8H6F3O2S. The van der Waals surface area contributed by atoms with E-state index in [-0.39, 0.29) is 11.3 Å². The summed E-state index contributed by atoms with van der Waals surface area (Å²) in [6.07, 6.45) is -4.41. The third-order valence-corrected chi connectivity index (χ3v) is 2.10. The van der Waals surface area contributed by atoms with Gasteiger partial charge in [-0.15, -0.1) is 0 Å². The molecule has 0 aliphatic carbocycles. The second-order valence-corrected chi connectivity index (χ2v) is 3.57. The van der Waals surface area contributed by atoms with Crippen molar-refractivity contribution in [2.45, 2.75) is 11.9 Å². The van der Waals surface area contributed by atoms with Gasteiger partial charge in [0.1, 0.15) is 10.7 Å². The summed E-state index contributed by atoms with van der Waals surface area (Å²) in [5.41, 5.74) is -0.600. The largest absolute Gasteiger partial charge is 0.416 e. The first-order chi connectivity index (χ1) is 6.39. The normalized spacial score (nSPS) is 12.0. The van der Waals surface area contributed by atoms with Crippen LogP contribution in [0.2, 0.25) is 0 Å². The molecule has 14 heavy (non-hydrogen) atoms. The molecule has 1 radical (unpaired) electrons. The van der Waals surface area contributed by atoms with E-state index in [0.29, 0.717) is 0 Å². The van der Waals surface area contributed by atoms with Crippen molar-refractivity contribution in [3.05, 3.63) is 35.4 Å². The number of rotatable bonds is 2. The fourth-order valence-electron chi connectivity index (χ4n) is 0.871. The maximum absolute atomic E-state index is 12.0. The molecule has 0 saturated carbocycles. The first kappa shape index (κ1) is 11.0. The summed E-state index contributed by atoms with van der Waals surface area (Å²) in [4.78, 5) is 0. The zero-order valence-corrected chi connectivity index (χ0v) is 7.73. The first-order valence-electron chi connectivity index (χ1n) is 3.59. The lowest BCUT2D eigenvalue weighted by Gasteiger charge is -2.05. The molecule has 2 nitrogen and oxygen atoms in total. The van der Waals surface area contributed by atoms with Gasteiger partial charge in [0.2, 0.25) is 0 Å². The molecule has 0 heterocycles. The summed E-state index contributed by atoms with van der Waals surface area (Å²) < 4.78 is 56.6. The van der Waals surface area contributed by atoms with Gasteiger partial charge in [0.25, 0.3) is 0 Å². The molecule has 0 N–H and O–H groups in total. The second kappa shape index (κ2) is 4.00. The smallest absolute Gasteiger partial charge is 0.232 e. The van der Waals surface area contributed by atoms with Gasteiger partial charge in [-0.25, -0.2) is 8.42 Å². The Hall–Kier alpha value is -1.04. The van der Waals surface area contributed by atoms with Gasteiger partial charge < -0.3 is 0 Å². The maximum Gasteiger partial charge on any atom is 0.416 e. The number of halogens is 3. The van der Waals surface area contributed by atoms with E-state index >= 15 is 0 Å². The predicted molar refractivity (Wildman–Crippen MR) is 44.3 cm³/mol. The van der Waals surface area contributed by atoms with Crippen molar-refractivity contribution in [1.29, 1.82) is 0 Å². The number of hydrogen-bond donors (Lipinski definition) is 1. The van der Waals surface area contributed by atoms with Crippen LogP contribution < -0.4 is 0 Å². The average Bonchev–Trinajstić information content (AvgIpc) is 2.02. The monoisotopic (exact) mass is 223 g/mol. The van der Waals surface area contributed by atoms with Crippen LogP contribution in [0.1, 0.15) is 11.1 Å². The van der Waals surface area contributed by atoms with Crippen LogP contribution in [0.25, 0.3) is 0 Å². The van der Waals surface area contributed by atoms with Crippen LogP contribution in [0.15, 0.2) is 18.2 Å². The zero-order valence-electron chi connectivity index (χ0n) is 6.84. The van der Waals surface area contributed by atoms with Crippen molar-refractivity contribution in [3.63, 3.8) is 0 Å². The van der Waals surface area contributed by atoms with E-state index in [1.807, 2.05) is 0 Å². The standard InChI is InChI=1S/C8H6F3O2S/c9-8(10,11)7-3-1-6(2-4-7)5-14(12)13/h1,3-4,14H,5H2. The first-order valence-corrected chi connectivity index (χ1v) is 4.95. The van der Waals surface area contributed by atoms with Crippen LogP contribution in [0, 0.1) is 6.07 Å². The van der Waals surface area contributed by atoms with Crippen LogP contribution in [-0.2, 0) is 22.6 Å². The predicted octanol–water partition coefficient (Wildman–Crippen LogP) is 1.62. The third kappa shape index (κ3) is 3.02. The summed E-state index contributed by atoms with van der Waals surface area (Å²) in [6.45, 7) is 0. The lowest BCUT2D eigenvalue weighted by molar-refractivity contribution is -0.137. The Morgan fingerprint density at radius 1 is 1.29 bits per heavy atom. The van der Waals surface area contributed by atoms with Gasteiger partial charge in [-0.1, -0.05) is 6.07 Å². The summed E-state index contributed by atoms with van der Waals surface area (Å²) in [5.74, 6) is -0.284. The number of thiol groups is 1. The van der Waals surface area contributed by atoms with Crippen molar-refractivity contribution in [3.8, 4) is 0 Å². The van der Waals surface area contributed by atoms with E-state index in [0.717, 1.165) is 18.2 Å². The van der Waals surface area contributed by atoms with Gasteiger partial charge in [0.05, 0.1) is 11.3 Å². The van der Waals surface area contributed by atoms with E-state index in [4.69, 9.17) is 0 Å². The summed E-state index contributed by atoms with van der Waals surface area (Å²) in [5, 5.41) is 0. The van der Waals surface area contributed by atoms with Crippen molar-refractivity contribution in [1.82, 2.24) is 0 Å². The molecule has 0 saturated heterocycles. The Kier molecular flexibility index (Phi) is 3.15. The summed E-state index contributed by atoms with van der Waals surface area (Å²) in [6, 6.07) is 4.96. The Morgan fingerprint density at radius 3 is 2.29 bits per heavy atom. The molecular weight excluding hydrogens is 217 g/mol. The number of benzene rings is 1. The molecule has 1 aromatic carbocycles. The highest BCUT2D eigenvalue weighted by atomic mass is 32.2. The van der Waals surface area contributed by atoms with E-state index in [9.17, 15) is 21.6 Å². The van der Waals surface area contributed by atoms with Crippen molar-refractivity contribution in [2.75, 3.05) is 0 Å². The van der Waals surface area contributed by atoms with Crippen molar-refractivity contribution < 1.29 is 21.6 Å². The van der Waals surface area contributed by atoms with Crippen molar-refractivity contribution in [2.24, 2.45) is 0 Å². The summed E-state index contributed by atoms with van der Waals surface area (Å²) in [7, 11) is -2.63. The SMILES string of the molecule is O=[SH](=O)Cc1[c]cc(C(F)(F)F)cc1. The maximum atomic E-state index is 12.0. The van der Waals surface area contributed by atoms with Gasteiger partial charge in [0, 0.05) is 0 Å².